The van der Waals surface area contributed by atoms with Crippen molar-refractivity contribution in [2.45, 2.75) is 52.2 Å². The van der Waals surface area contributed by atoms with Gasteiger partial charge in [0.05, 0.1) is 11.8 Å². The van der Waals surface area contributed by atoms with Crippen molar-refractivity contribution in [2.75, 3.05) is 6.54 Å². The first-order chi connectivity index (χ1) is 8.13. The summed E-state index contributed by atoms with van der Waals surface area (Å²) in [6.45, 7) is 5.39. The Morgan fingerprint density at radius 3 is 2.94 bits per heavy atom. The van der Waals surface area contributed by atoms with Crippen molar-refractivity contribution in [1.29, 1.82) is 0 Å². The number of nitrogens with one attached hydrogen (secondary N) is 2. The lowest BCUT2D eigenvalue weighted by atomic mass is 10.2. The molecule has 17 heavy (non-hydrogen) atoms. The van der Waals surface area contributed by atoms with Crippen LogP contribution >= 0.6 is 11.6 Å². The number of aromatic nitrogens is 2. The minimum Gasteiger partial charge on any atom is -0.393 e. The van der Waals surface area contributed by atoms with Crippen molar-refractivity contribution in [3.8, 4) is 0 Å². The molecule has 0 aliphatic carbocycles. The SMILES string of the molecule is CCCCc1nc(Cl)c(CNCCC(C)O)[nH]1. The fourth-order valence-corrected chi connectivity index (χ4v) is 1.76. The Labute approximate surface area is 108 Å². The predicted octanol–water partition coefficient (Wildman–Crippen LogP) is 2.27. The zero-order valence-electron chi connectivity index (χ0n) is 10.6. The summed E-state index contributed by atoms with van der Waals surface area (Å²) in [7, 11) is 0. The number of nitrogens with zero attached hydrogens (tertiary/aromatic N) is 1. The number of H-pyrrole nitrogens is 1. The molecular weight excluding hydrogens is 238 g/mol. The molecule has 0 radical (unpaired) electrons. The van der Waals surface area contributed by atoms with Gasteiger partial charge in [-0.1, -0.05) is 24.9 Å². The molecule has 0 amide bonds. The topological polar surface area (TPSA) is 60.9 Å². The van der Waals surface area contributed by atoms with E-state index in [0.717, 1.165) is 43.7 Å². The highest BCUT2D eigenvalue weighted by Gasteiger charge is 2.07. The van der Waals surface area contributed by atoms with Crippen LogP contribution in [0.15, 0.2) is 0 Å². The van der Waals surface area contributed by atoms with Gasteiger partial charge >= 0.3 is 0 Å². The summed E-state index contributed by atoms with van der Waals surface area (Å²) in [6.07, 6.45) is 3.71. The number of halogens is 1. The third-order valence-electron chi connectivity index (χ3n) is 2.59. The smallest absolute Gasteiger partial charge is 0.151 e. The van der Waals surface area contributed by atoms with E-state index >= 15 is 0 Å². The largest absolute Gasteiger partial charge is 0.393 e. The highest BCUT2D eigenvalue weighted by atomic mass is 35.5. The summed E-state index contributed by atoms with van der Waals surface area (Å²) in [5, 5.41) is 12.9. The van der Waals surface area contributed by atoms with Crippen molar-refractivity contribution < 1.29 is 5.11 Å². The number of aromatic amines is 1. The Bertz CT molecular complexity index is 326. The molecule has 1 heterocycles. The molecule has 0 aliphatic heterocycles. The number of aliphatic hydroxyl groups excluding tert-OH is 1. The molecule has 0 bridgehead atoms. The van der Waals surface area contributed by atoms with Gasteiger partial charge < -0.3 is 15.4 Å². The highest BCUT2D eigenvalue weighted by Crippen LogP contribution is 2.13. The van der Waals surface area contributed by atoms with Gasteiger partial charge in [-0.05, 0) is 26.3 Å². The van der Waals surface area contributed by atoms with E-state index in [0.29, 0.717) is 11.7 Å². The van der Waals surface area contributed by atoms with E-state index in [-0.39, 0.29) is 6.10 Å². The van der Waals surface area contributed by atoms with Crippen molar-refractivity contribution in [1.82, 2.24) is 15.3 Å². The number of aliphatic hydroxyl groups is 1. The fraction of sp³-hybridized carbons (Fsp3) is 0.750. The first-order valence-corrected chi connectivity index (χ1v) is 6.63. The summed E-state index contributed by atoms with van der Waals surface area (Å²) < 4.78 is 0. The molecule has 1 atom stereocenters. The van der Waals surface area contributed by atoms with Crippen molar-refractivity contribution in [3.05, 3.63) is 16.7 Å². The van der Waals surface area contributed by atoms with Crippen molar-refractivity contribution in [3.63, 3.8) is 0 Å². The Kier molecular flexibility index (Phi) is 6.55. The summed E-state index contributed by atoms with van der Waals surface area (Å²) >= 11 is 6.03. The molecule has 1 aromatic rings. The minimum absolute atomic E-state index is 0.264. The van der Waals surface area contributed by atoms with Crippen LogP contribution in [-0.2, 0) is 13.0 Å². The van der Waals surface area contributed by atoms with Gasteiger partial charge in [0.1, 0.15) is 5.82 Å². The number of unbranched alkanes of at least 4 members (excludes halogenated alkanes) is 1. The van der Waals surface area contributed by atoms with E-state index in [2.05, 4.69) is 22.2 Å². The number of hydrogen-bond donors (Lipinski definition) is 3. The fourth-order valence-electron chi connectivity index (χ4n) is 1.54. The van der Waals surface area contributed by atoms with Crippen LogP contribution in [0.3, 0.4) is 0 Å². The van der Waals surface area contributed by atoms with Gasteiger partial charge in [-0.15, -0.1) is 0 Å². The molecule has 1 aromatic heterocycles. The van der Waals surface area contributed by atoms with Crippen molar-refractivity contribution >= 4 is 11.6 Å². The lowest BCUT2D eigenvalue weighted by Crippen LogP contribution is -2.19. The van der Waals surface area contributed by atoms with E-state index in [1.165, 1.54) is 0 Å². The van der Waals surface area contributed by atoms with E-state index in [4.69, 9.17) is 16.7 Å². The number of imidazole rings is 1. The zero-order chi connectivity index (χ0) is 12.7. The summed E-state index contributed by atoms with van der Waals surface area (Å²) in [4.78, 5) is 7.52. The van der Waals surface area contributed by atoms with Crippen LogP contribution in [0.25, 0.3) is 0 Å². The van der Waals surface area contributed by atoms with Gasteiger partial charge in [0, 0.05) is 13.0 Å². The first kappa shape index (κ1) is 14.5. The van der Waals surface area contributed by atoms with Gasteiger partial charge in [0.25, 0.3) is 0 Å². The molecule has 5 heteroatoms. The van der Waals surface area contributed by atoms with Crippen LogP contribution in [-0.4, -0.2) is 27.7 Å². The molecular formula is C12H22ClN3O. The lowest BCUT2D eigenvalue weighted by molar-refractivity contribution is 0.183. The second-order valence-corrected chi connectivity index (χ2v) is 4.73. The standard InChI is InChI=1S/C12H22ClN3O/c1-3-4-5-11-15-10(12(13)16-11)8-14-7-6-9(2)17/h9,14,17H,3-8H2,1-2H3,(H,15,16). The van der Waals surface area contributed by atoms with E-state index in [9.17, 15) is 0 Å². The average Bonchev–Trinajstić information content (AvgIpc) is 2.62. The molecule has 0 saturated heterocycles. The molecule has 3 N–H and O–H groups in total. The second kappa shape index (κ2) is 7.69. The van der Waals surface area contributed by atoms with Gasteiger partial charge in [-0.25, -0.2) is 4.98 Å². The molecule has 0 saturated carbocycles. The number of aryl methyl sites for hydroxylation is 1. The van der Waals surface area contributed by atoms with Gasteiger partial charge in [0.15, 0.2) is 5.15 Å². The third-order valence-corrected chi connectivity index (χ3v) is 2.90. The highest BCUT2D eigenvalue weighted by molar-refractivity contribution is 6.30. The third kappa shape index (κ3) is 5.52. The van der Waals surface area contributed by atoms with Gasteiger partial charge in [-0.2, -0.15) is 0 Å². The summed E-state index contributed by atoms with van der Waals surface area (Å²) in [5.41, 5.74) is 0.934. The lowest BCUT2D eigenvalue weighted by Gasteiger charge is -2.05. The van der Waals surface area contributed by atoms with Gasteiger partial charge in [-0.3, -0.25) is 0 Å². The van der Waals surface area contributed by atoms with Gasteiger partial charge in [0.2, 0.25) is 0 Å². The van der Waals surface area contributed by atoms with Crippen LogP contribution in [0, 0.1) is 0 Å². The maximum absolute atomic E-state index is 9.12. The van der Waals surface area contributed by atoms with Crippen LogP contribution in [0.4, 0.5) is 0 Å². The summed E-state index contributed by atoms with van der Waals surface area (Å²) in [6, 6.07) is 0. The molecule has 4 nitrogen and oxygen atoms in total. The maximum Gasteiger partial charge on any atom is 0.151 e. The monoisotopic (exact) mass is 259 g/mol. The first-order valence-electron chi connectivity index (χ1n) is 6.25. The van der Waals surface area contributed by atoms with E-state index < -0.39 is 0 Å². The molecule has 98 valence electrons. The van der Waals surface area contributed by atoms with Crippen LogP contribution in [0.1, 0.15) is 44.6 Å². The molecule has 0 aromatic carbocycles. The number of hydrogen-bond acceptors (Lipinski definition) is 3. The quantitative estimate of drug-likeness (QED) is 0.628. The minimum atomic E-state index is -0.264. The average molecular weight is 260 g/mol. The maximum atomic E-state index is 9.12. The van der Waals surface area contributed by atoms with Crippen LogP contribution in [0.5, 0.6) is 0 Å². The summed E-state index contributed by atoms with van der Waals surface area (Å²) in [5.74, 6) is 0.962. The Hall–Kier alpha value is -0.580. The normalized spacial score (nSPS) is 12.9. The molecule has 1 unspecified atom stereocenters. The van der Waals surface area contributed by atoms with Crippen molar-refractivity contribution in [2.24, 2.45) is 0 Å². The van der Waals surface area contributed by atoms with E-state index in [1.807, 2.05) is 0 Å². The Morgan fingerprint density at radius 1 is 1.53 bits per heavy atom. The Balaban J connectivity index is 2.34. The van der Waals surface area contributed by atoms with E-state index in [1.54, 1.807) is 6.92 Å². The molecule has 1 rings (SSSR count). The predicted molar refractivity (Wildman–Crippen MR) is 70.2 cm³/mol. The number of rotatable bonds is 8. The molecule has 0 spiro atoms. The van der Waals surface area contributed by atoms with Crippen LogP contribution in [0.2, 0.25) is 5.15 Å². The molecule has 0 fully saturated rings. The zero-order valence-corrected chi connectivity index (χ0v) is 11.3. The second-order valence-electron chi connectivity index (χ2n) is 4.37. The van der Waals surface area contributed by atoms with Crippen LogP contribution < -0.4 is 5.32 Å². The Morgan fingerprint density at radius 2 is 2.29 bits per heavy atom. The molecule has 0 aliphatic rings.